The Morgan fingerprint density at radius 2 is 0.731 bits per heavy atom. The Labute approximate surface area is 309 Å². The van der Waals surface area contributed by atoms with Crippen LogP contribution in [0.1, 0.15) is 43.1 Å². The minimum atomic E-state index is -3.93. The molecule has 0 radical (unpaired) electrons. The van der Waals surface area contributed by atoms with E-state index >= 15 is 17.6 Å². The molecule has 0 saturated heterocycles. The smallest absolute Gasteiger partial charge is 0.226 e. The third kappa shape index (κ3) is 4.45. The lowest BCUT2D eigenvalue weighted by atomic mass is 10.00. The first-order chi connectivity index (χ1) is 24.7. The summed E-state index contributed by atoms with van der Waals surface area (Å²) in [6, 6.07) is 6.14. The fourth-order valence-corrected chi connectivity index (χ4v) is 12.5. The standard InChI is InChI=1S/C36H12F4N8S4/c1-13-21-23(17(9-41)45-5)35(37,38)25(19(11-43)47-7)33(21)51-27(13)29-15(3)31-32(49-29)16(4)30(50-31)28-14(2)22-24(18(10-42)46-6)36(39,40)26(34(22)52-28)20(12-44)48-8/h1-4H3/b23-17-,24-18+,25-19-,26-20+. The molecule has 0 spiro atoms. The maximum Gasteiger partial charge on any atom is 0.284 e. The molecule has 0 saturated carbocycles. The molecule has 248 valence electrons. The van der Waals surface area contributed by atoms with Crippen molar-refractivity contribution in [2.45, 2.75) is 39.5 Å². The molecule has 0 fully saturated rings. The largest absolute Gasteiger partial charge is 0.284 e. The van der Waals surface area contributed by atoms with Gasteiger partial charge in [-0.15, -0.1) is 45.3 Å². The molecule has 0 amide bonds. The summed E-state index contributed by atoms with van der Waals surface area (Å²) in [6.45, 7) is 36.4. The number of thiophene rings is 4. The average Bonchev–Trinajstić information content (AvgIpc) is 3.90. The van der Waals surface area contributed by atoms with Crippen molar-refractivity contribution in [2.24, 2.45) is 0 Å². The van der Waals surface area contributed by atoms with Crippen LogP contribution < -0.4 is 0 Å². The molecular formula is C36H12F4N8S4. The highest BCUT2D eigenvalue weighted by Gasteiger charge is 2.54. The summed E-state index contributed by atoms with van der Waals surface area (Å²) in [6.07, 6.45) is 0. The van der Waals surface area contributed by atoms with Gasteiger partial charge < -0.3 is 0 Å². The Hall–Kier alpha value is -6.34. The zero-order valence-electron chi connectivity index (χ0n) is 26.7. The van der Waals surface area contributed by atoms with E-state index in [1.54, 1.807) is 13.8 Å². The topological polar surface area (TPSA) is 113 Å². The third-order valence-electron chi connectivity index (χ3n) is 8.71. The number of alkyl halides is 4. The maximum absolute atomic E-state index is 15.9. The van der Waals surface area contributed by atoms with Crippen LogP contribution in [0.15, 0.2) is 22.8 Å². The number of hydrogen-bond donors (Lipinski definition) is 0. The van der Waals surface area contributed by atoms with E-state index in [9.17, 15) is 21.0 Å². The van der Waals surface area contributed by atoms with E-state index in [2.05, 4.69) is 19.4 Å². The van der Waals surface area contributed by atoms with Crippen LogP contribution >= 0.6 is 45.3 Å². The normalized spacial score (nSPS) is 18.7. The minimum absolute atomic E-state index is 0.0573. The zero-order valence-corrected chi connectivity index (χ0v) is 30.0. The van der Waals surface area contributed by atoms with Gasteiger partial charge in [0, 0.05) is 38.7 Å². The van der Waals surface area contributed by atoms with Gasteiger partial charge in [0.25, 0.3) is 34.6 Å². The maximum atomic E-state index is 15.9. The fourth-order valence-electron chi connectivity index (χ4n) is 6.44. The van der Waals surface area contributed by atoms with Crippen LogP contribution in [-0.4, -0.2) is 11.8 Å². The molecule has 2 aliphatic rings. The molecule has 52 heavy (non-hydrogen) atoms. The van der Waals surface area contributed by atoms with Crippen molar-refractivity contribution in [2.75, 3.05) is 0 Å². The number of nitriles is 4. The van der Waals surface area contributed by atoms with E-state index in [1.807, 2.05) is 13.8 Å². The number of halogens is 4. The van der Waals surface area contributed by atoms with Crippen molar-refractivity contribution < 1.29 is 17.6 Å². The lowest BCUT2D eigenvalue weighted by Crippen LogP contribution is -2.16. The quantitative estimate of drug-likeness (QED) is 0.115. The molecule has 16 heteroatoms. The highest BCUT2D eigenvalue weighted by molar-refractivity contribution is 7.34. The molecule has 4 heterocycles. The van der Waals surface area contributed by atoms with Crippen molar-refractivity contribution in [1.82, 2.24) is 0 Å². The number of allylic oxidation sites excluding steroid dienone is 8. The average molecular weight is 761 g/mol. The summed E-state index contributed by atoms with van der Waals surface area (Å²) in [5.41, 5.74) is -4.64. The van der Waals surface area contributed by atoms with Crippen molar-refractivity contribution in [3.63, 3.8) is 0 Å². The number of hydrogen-bond acceptors (Lipinski definition) is 8. The number of aryl methyl sites for hydroxylation is 2. The molecule has 0 aromatic carbocycles. The van der Waals surface area contributed by atoms with E-state index in [4.69, 9.17) is 26.3 Å². The Kier molecular flexibility index (Phi) is 8.30. The molecule has 0 unspecified atom stereocenters. The van der Waals surface area contributed by atoms with Crippen LogP contribution in [0.3, 0.4) is 0 Å². The minimum Gasteiger partial charge on any atom is -0.226 e. The van der Waals surface area contributed by atoms with Crippen LogP contribution in [-0.2, 0) is 0 Å². The highest BCUT2D eigenvalue weighted by Crippen LogP contribution is 2.63. The van der Waals surface area contributed by atoms with Gasteiger partial charge in [0.15, 0.2) is 0 Å². The second-order valence-electron chi connectivity index (χ2n) is 11.2. The lowest BCUT2D eigenvalue weighted by molar-refractivity contribution is 0.137. The first kappa shape index (κ1) is 35.5. The van der Waals surface area contributed by atoms with Gasteiger partial charge in [-0.05, 0) is 61.1 Å². The predicted molar refractivity (Wildman–Crippen MR) is 192 cm³/mol. The number of nitrogens with zero attached hydrogens (tertiary/aromatic N) is 8. The first-order valence-corrected chi connectivity index (χ1v) is 17.6. The summed E-state index contributed by atoms with van der Waals surface area (Å²) >= 11 is 4.57. The van der Waals surface area contributed by atoms with Crippen molar-refractivity contribution in [3.05, 3.63) is 112 Å². The summed E-state index contributed by atoms with van der Waals surface area (Å²) in [5.74, 6) is -7.85. The molecule has 4 aromatic heterocycles. The van der Waals surface area contributed by atoms with E-state index in [1.165, 1.54) is 47.0 Å². The Morgan fingerprint density at radius 1 is 0.462 bits per heavy atom. The summed E-state index contributed by atoms with van der Waals surface area (Å²) < 4.78 is 65.1. The van der Waals surface area contributed by atoms with Crippen LogP contribution in [0.4, 0.5) is 17.6 Å². The van der Waals surface area contributed by atoms with Gasteiger partial charge in [-0.3, -0.25) is 0 Å². The van der Waals surface area contributed by atoms with Gasteiger partial charge in [-0.2, -0.15) is 17.6 Å². The van der Waals surface area contributed by atoms with Gasteiger partial charge >= 0.3 is 0 Å². The summed E-state index contributed by atoms with van der Waals surface area (Å²) in [5, 5.41) is 38.3. The van der Waals surface area contributed by atoms with E-state index in [-0.39, 0.29) is 20.9 Å². The van der Waals surface area contributed by atoms with Crippen LogP contribution in [0.2, 0.25) is 0 Å². The van der Waals surface area contributed by atoms with E-state index < -0.39 is 56.9 Å². The number of rotatable bonds is 2. The molecule has 4 aromatic rings. The SMILES string of the molecule is [C-]#[N+]/C(C#N)=C1/c2c(sc(-c3sc4c(C)c(-c5sc6c(c5C)/C(=C(/C#N)[N+]#[C-])C(F)(F)/C6=C(\C#N)[N+]#[C-])sc4c3C)c2C)/C(=C(\C#N)[N+]#[C-])C1(F)F. The monoisotopic (exact) mass is 760 g/mol. The van der Waals surface area contributed by atoms with Crippen LogP contribution in [0, 0.1) is 99.3 Å². The Balaban J connectivity index is 1.60. The molecule has 2 aliphatic carbocycles. The van der Waals surface area contributed by atoms with Crippen molar-refractivity contribution >= 4 is 77.0 Å². The molecule has 0 bridgehead atoms. The van der Waals surface area contributed by atoms with Crippen LogP contribution in [0.25, 0.3) is 70.6 Å². The second kappa shape index (κ2) is 12.2. The highest BCUT2D eigenvalue weighted by atomic mass is 32.1. The molecule has 0 N–H and O–H groups in total. The lowest BCUT2D eigenvalue weighted by Gasteiger charge is -2.16. The third-order valence-corrected chi connectivity index (χ3v) is 14.6. The Bertz CT molecular complexity index is 2620. The van der Waals surface area contributed by atoms with E-state index in [0.29, 0.717) is 30.6 Å². The molecular weight excluding hydrogens is 749 g/mol. The predicted octanol–water partition coefficient (Wildman–Crippen LogP) is 11.6. The van der Waals surface area contributed by atoms with Gasteiger partial charge in [0.05, 0.1) is 72.9 Å². The van der Waals surface area contributed by atoms with Crippen molar-refractivity contribution in [3.8, 4) is 43.8 Å². The fraction of sp³-hybridized carbons (Fsp3) is 0.167. The summed E-state index contributed by atoms with van der Waals surface area (Å²) in [4.78, 5) is 14.5. The van der Waals surface area contributed by atoms with E-state index in [0.717, 1.165) is 43.2 Å². The number of fused-ring (bicyclic) bond motifs is 3. The summed E-state index contributed by atoms with van der Waals surface area (Å²) in [7, 11) is 0. The Morgan fingerprint density at radius 3 is 1.00 bits per heavy atom. The van der Waals surface area contributed by atoms with Gasteiger partial charge in [0.2, 0.25) is 0 Å². The molecule has 0 aliphatic heterocycles. The van der Waals surface area contributed by atoms with Gasteiger partial charge in [-0.25, -0.2) is 40.4 Å². The van der Waals surface area contributed by atoms with Gasteiger partial charge in [0.1, 0.15) is 0 Å². The molecule has 8 nitrogen and oxygen atoms in total. The van der Waals surface area contributed by atoms with Crippen molar-refractivity contribution in [1.29, 1.82) is 21.0 Å². The second-order valence-corrected chi connectivity index (χ2v) is 15.3. The zero-order chi connectivity index (χ0) is 38.2. The molecule has 0 atom stereocenters. The first-order valence-electron chi connectivity index (χ1n) is 14.3. The molecule has 6 rings (SSSR count). The van der Waals surface area contributed by atoms with Gasteiger partial charge in [-0.1, -0.05) is 0 Å². The van der Waals surface area contributed by atoms with Crippen LogP contribution in [0.5, 0.6) is 0 Å².